The molecule has 3 aromatic rings. The molecule has 0 saturated heterocycles. The van der Waals surface area contributed by atoms with E-state index in [9.17, 15) is 4.79 Å². The van der Waals surface area contributed by atoms with Crippen LogP contribution in [-0.4, -0.2) is 19.8 Å². The van der Waals surface area contributed by atoms with Crippen LogP contribution in [0.4, 0.5) is 5.00 Å². The summed E-state index contributed by atoms with van der Waals surface area (Å²) in [4.78, 5) is 16.2. The first-order valence-electron chi connectivity index (χ1n) is 5.85. The fourth-order valence-corrected chi connectivity index (χ4v) is 2.57. The Hall–Kier alpha value is -2.21. The van der Waals surface area contributed by atoms with Crippen LogP contribution < -0.4 is 5.32 Å². The number of anilines is 1. The fraction of sp³-hybridized carbons (Fsp3) is 0.154. The summed E-state index contributed by atoms with van der Waals surface area (Å²) < 4.78 is 5.96. The number of rotatable bonds is 3. The molecule has 6 heteroatoms. The fourth-order valence-electron chi connectivity index (χ4n) is 1.89. The largest absolute Gasteiger partial charge is 0.321 e. The number of imidazole rings is 1. The molecular formula is C13H12N4OS. The van der Waals surface area contributed by atoms with Gasteiger partial charge in [-0.25, -0.2) is 4.98 Å². The molecule has 1 aromatic carbocycles. The van der Waals surface area contributed by atoms with E-state index < -0.39 is 0 Å². The summed E-state index contributed by atoms with van der Waals surface area (Å²) in [5.74, 6) is -0.0770. The molecule has 96 valence electrons. The smallest absolute Gasteiger partial charge is 0.245 e. The van der Waals surface area contributed by atoms with Crippen LogP contribution >= 0.6 is 11.5 Å². The van der Waals surface area contributed by atoms with Crippen LogP contribution in [0.25, 0.3) is 11.0 Å². The van der Waals surface area contributed by atoms with Crippen molar-refractivity contribution >= 4 is 33.5 Å². The Bertz CT molecular complexity index is 731. The van der Waals surface area contributed by atoms with Gasteiger partial charge in [0.15, 0.2) is 0 Å². The highest BCUT2D eigenvalue weighted by Crippen LogP contribution is 2.16. The Kier molecular flexibility index (Phi) is 3.00. The zero-order valence-corrected chi connectivity index (χ0v) is 11.1. The number of aryl methyl sites for hydroxylation is 1. The number of nitrogens with zero attached hydrogens (tertiary/aromatic N) is 3. The van der Waals surface area contributed by atoms with Crippen molar-refractivity contribution < 1.29 is 4.79 Å². The van der Waals surface area contributed by atoms with Gasteiger partial charge in [0, 0.05) is 0 Å². The number of nitrogens with one attached hydrogen (secondary N) is 1. The average molecular weight is 272 g/mol. The number of carbonyl (C=O) groups excluding carboxylic acids is 1. The molecule has 1 N–H and O–H groups in total. The summed E-state index contributed by atoms with van der Waals surface area (Å²) >= 11 is 1.29. The van der Waals surface area contributed by atoms with Crippen LogP contribution in [0.5, 0.6) is 0 Å². The third kappa shape index (κ3) is 2.48. The van der Waals surface area contributed by atoms with Crippen molar-refractivity contribution in [1.29, 1.82) is 0 Å². The highest BCUT2D eigenvalue weighted by Gasteiger charge is 2.08. The molecule has 0 unspecified atom stereocenters. The summed E-state index contributed by atoms with van der Waals surface area (Å²) in [5, 5.41) is 3.60. The molecule has 0 saturated carbocycles. The molecule has 0 spiro atoms. The Labute approximate surface area is 114 Å². The van der Waals surface area contributed by atoms with E-state index in [0.717, 1.165) is 21.7 Å². The van der Waals surface area contributed by atoms with Crippen LogP contribution in [0.2, 0.25) is 0 Å². The molecular weight excluding hydrogens is 260 g/mol. The van der Waals surface area contributed by atoms with Gasteiger partial charge in [0.1, 0.15) is 11.5 Å². The number of hydrogen-bond donors (Lipinski definition) is 1. The van der Waals surface area contributed by atoms with E-state index in [4.69, 9.17) is 0 Å². The molecule has 1 amide bonds. The van der Waals surface area contributed by atoms with Crippen molar-refractivity contribution in [3.05, 3.63) is 42.4 Å². The van der Waals surface area contributed by atoms with E-state index in [2.05, 4.69) is 14.7 Å². The number of benzene rings is 1. The Morgan fingerprint density at radius 2 is 2.26 bits per heavy atom. The van der Waals surface area contributed by atoms with Crippen LogP contribution in [-0.2, 0) is 11.3 Å². The van der Waals surface area contributed by atoms with Crippen molar-refractivity contribution in [2.45, 2.75) is 13.5 Å². The average Bonchev–Trinajstić information content (AvgIpc) is 2.97. The van der Waals surface area contributed by atoms with Gasteiger partial charge in [-0.05, 0) is 36.7 Å². The van der Waals surface area contributed by atoms with Crippen molar-refractivity contribution in [3.63, 3.8) is 0 Å². The molecule has 3 rings (SSSR count). The normalized spacial score (nSPS) is 10.8. The van der Waals surface area contributed by atoms with Gasteiger partial charge in [-0.15, -0.1) is 0 Å². The van der Waals surface area contributed by atoms with Gasteiger partial charge in [-0.3, -0.25) is 4.79 Å². The van der Waals surface area contributed by atoms with Gasteiger partial charge < -0.3 is 9.88 Å². The molecule has 0 fully saturated rings. The maximum atomic E-state index is 12.0. The quantitative estimate of drug-likeness (QED) is 0.796. The second-order valence-electron chi connectivity index (χ2n) is 4.24. The van der Waals surface area contributed by atoms with Gasteiger partial charge in [0.25, 0.3) is 0 Å². The highest BCUT2D eigenvalue weighted by molar-refractivity contribution is 7.10. The topological polar surface area (TPSA) is 59.8 Å². The minimum atomic E-state index is -0.0770. The summed E-state index contributed by atoms with van der Waals surface area (Å²) in [6, 6.07) is 9.60. The first-order valence-corrected chi connectivity index (χ1v) is 6.63. The zero-order valence-electron chi connectivity index (χ0n) is 10.3. The molecule has 0 atom stereocenters. The predicted octanol–water partition coefficient (Wildman–Crippen LogP) is 2.44. The van der Waals surface area contributed by atoms with E-state index in [1.807, 2.05) is 41.8 Å². The summed E-state index contributed by atoms with van der Waals surface area (Å²) in [7, 11) is 0. The molecule has 2 heterocycles. The number of aromatic nitrogens is 3. The molecule has 0 bridgehead atoms. The number of carbonyl (C=O) groups is 1. The maximum Gasteiger partial charge on any atom is 0.245 e. The van der Waals surface area contributed by atoms with Crippen LogP contribution in [0, 0.1) is 6.92 Å². The summed E-state index contributed by atoms with van der Waals surface area (Å²) in [6.45, 7) is 2.15. The second kappa shape index (κ2) is 4.81. The SMILES string of the molecule is Cc1cc(NC(=O)Cn2cnc3ccccc32)sn1. The van der Waals surface area contributed by atoms with Crippen LogP contribution in [0.1, 0.15) is 5.69 Å². The van der Waals surface area contributed by atoms with E-state index in [1.165, 1.54) is 11.5 Å². The van der Waals surface area contributed by atoms with Crippen molar-refractivity contribution in [3.8, 4) is 0 Å². The highest BCUT2D eigenvalue weighted by atomic mass is 32.1. The first-order chi connectivity index (χ1) is 9.22. The Balaban J connectivity index is 1.76. The summed E-state index contributed by atoms with van der Waals surface area (Å²) in [6.07, 6.45) is 1.68. The molecule has 0 radical (unpaired) electrons. The van der Waals surface area contributed by atoms with Crippen molar-refractivity contribution in [2.75, 3.05) is 5.32 Å². The Morgan fingerprint density at radius 1 is 1.42 bits per heavy atom. The van der Waals surface area contributed by atoms with Crippen molar-refractivity contribution in [2.24, 2.45) is 0 Å². The lowest BCUT2D eigenvalue weighted by Crippen LogP contribution is -2.17. The Morgan fingerprint density at radius 3 is 3.05 bits per heavy atom. The van der Waals surface area contributed by atoms with Gasteiger partial charge >= 0.3 is 0 Å². The molecule has 2 aromatic heterocycles. The molecule has 0 aliphatic rings. The molecule has 0 aliphatic carbocycles. The van der Waals surface area contributed by atoms with Gasteiger partial charge in [0.05, 0.1) is 23.1 Å². The minimum Gasteiger partial charge on any atom is -0.321 e. The lowest BCUT2D eigenvalue weighted by atomic mass is 10.3. The first kappa shape index (κ1) is 11.9. The summed E-state index contributed by atoms with van der Waals surface area (Å²) in [5.41, 5.74) is 2.76. The predicted molar refractivity (Wildman–Crippen MR) is 75.2 cm³/mol. The number of hydrogen-bond acceptors (Lipinski definition) is 4. The van der Waals surface area contributed by atoms with E-state index in [0.29, 0.717) is 0 Å². The van der Waals surface area contributed by atoms with Crippen LogP contribution in [0.15, 0.2) is 36.7 Å². The standard InChI is InChI=1S/C13H12N4OS/c1-9-6-13(19-16-9)15-12(18)7-17-8-14-10-4-2-3-5-11(10)17/h2-6,8H,7H2,1H3,(H,15,18). The van der Waals surface area contributed by atoms with Gasteiger partial charge in [-0.2, -0.15) is 4.37 Å². The number of para-hydroxylation sites is 2. The number of fused-ring (bicyclic) bond motifs is 1. The molecule has 19 heavy (non-hydrogen) atoms. The lowest BCUT2D eigenvalue weighted by Gasteiger charge is -2.04. The number of amides is 1. The third-order valence-corrected chi connectivity index (χ3v) is 3.53. The van der Waals surface area contributed by atoms with Gasteiger partial charge in [0.2, 0.25) is 5.91 Å². The van der Waals surface area contributed by atoms with Crippen molar-refractivity contribution in [1.82, 2.24) is 13.9 Å². The monoisotopic (exact) mass is 272 g/mol. The third-order valence-electron chi connectivity index (χ3n) is 2.73. The van der Waals surface area contributed by atoms with E-state index in [1.54, 1.807) is 6.33 Å². The van der Waals surface area contributed by atoms with Crippen LogP contribution in [0.3, 0.4) is 0 Å². The molecule has 0 aliphatic heterocycles. The molecule has 5 nitrogen and oxygen atoms in total. The second-order valence-corrected chi connectivity index (χ2v) is 5.05. The zero-order chi connectivity index (χ0) is 13.2. The van der Waals surface area contributed by atoms with E-state index in [-0.39, 0.29) is 12.5 Å². The van der Waals surface area contributed by atoms with Gasteiger partial charge in [-0.1, -0.05) is 12.1 Å². The van der Waals surface area contributed by atoms with E-state index >= 15 is 0 Å². The minimum absolute atomic E-state index is 0.0770. The lowest BCUT2D eigenvalue weighted by molar-refractivity contribution is -0.116. The maximum absolute atomic E-state index is 12.0.